The quantitative estimate of drug-likeness (QED) is 0.433. The van der Waals surface area contributed by atoms with E-state index in [-0.39, 0.29) is 12.6 Å². The first-order chi connectivity index (χ1) is 11.1. The van der Waals surface area contributed by atoms with Crippen molar-refractivity contribution in [3.05, 3.63) is 0 Å². The lowest BCUT2D eigenvalue weighted by Gasteiger charge is -2.41. The molecule has 0 amide bonds. The predicted octanol–water partition coefficient (Wildman–Crippen LogP) is 1.32. The monoisotopic (exact) mass is 329 g/mol. The van der Waals surface area contributed by atoms with Crippen molar-refractivity contribution in [1.82, 2.24) is 5.32 Å². The number of rotatable bonds is 8. The van der Waals surface area contributed by atoms with Crippen LogP contribution in [0.2, 0.25) is 0 Å². The molecule has 5 nitrogen and oxygen atoms in total. The molecular weight excluding hydrogens is 294 g/mol. The number of hydrogen-bond acceptors (Lipinski definition) is 5. The minimum Gasteiger partial charge on any atom is -0.395 e. The van der Waals surface area contributed by atoms with Gasteiger partial charge in [-0.25, -0.2) is 0 Å². The van der Waals surface area contributed by atoms with Crippen LogP contribution in [-0.4, -0.2) is 57.4 Å². The number of nitrogens with one attached hydrogen (secondary N) is 1. The maximum atomic E-state index is 10.0. The molecule has 5 heteroatoms. The molecule has 0 bridgehead atoms. The Labute approximate surface area is 140 Å². The Balaban J connectivity index is 1.57. The third-order valence-electron chi connectivity index (χ3n) is 5.75. The fourth-order valence-electron chi connectivity index (χ4n) is 4.19. The molecule has 23 heavy (non-hydrogen) atoms. The Bertz CT molecular complexity index is 320. The van der Waals surface area contributed by atoms with Gasteiger partial charge >= 0.3 is 0 Å². The SMILES string of the molecule is OC[C@H]1NC(CCCCCCC2CCCCC2)[C@H](O)[C@@H](O)[C@@H]1O. The van der Waals surface area contributed by atoms with E-state index in [0.717, 1.165) is 25.2 Å². The van der Waals surface area contributed by atoms with Crippen molar-refractivity contribution in [2.75, 3.05) is 6.61 Å². The van der Waals surface area contributed by atoms with Gasteiger partial charge in [0.25, 0.3) is 0 Å². The van der Waals surface area contributed by atoms with Crippen molar-refractivity contribution in [3.63, 3.8) is 0 Å². The maximum Gasteiger partial charge on any atom is 0.109 e. The van der Waals surface area contributed by atoms with E-state index in [1.54, 1.807) is 0 Å². The second kappa shape index (κ2) is 9.94. The molecule has 0 spiro atoms. The molecule has 0 aromatic rings. The van der Waals surface area contributed by atoms with Gasteiger partial charge in [-0.2, -0.15) is 0 Å². The molecule has 0 aromatic heterocycles. The molecule has 2 rings (SSSR count). The summed E-state index contributed by atoms with van der Waals surface area (Å²) in [7, 11) is 0. The largest absolute Gasteiger partial charge is 0.395 e. The highest BCUT2D eigenvalue weighted by molar-refractivity contribution is 4.97. The van der Waals surface area contributed by atoms with E-state index in [2.05, 4.69) is 5.32 Å². The van der Waals surface area contributed by atoms with Gasteiger partial charge in [0.2, 0.25) is 0 Å². The van der Waals surface area contributed by atoms with E-state index >= 15 is 0 Å². The lowest BCUT2D eigenvalue weighted by Crippen LogP contribution is -2.65. The van der Waals surface area contributed by atoms with Crippen LogP contribution in [0.3, 0.4) is 0 Å². The van der Waals surface area contributed by atoms with E-state index < -0.39 is 24.4 Å². The zero-order valence-corrected chi connectivity index (χ0v) is 14.2. The smallest absolute Gasteiger partial charge is 0.109 e. The summed E-state index contributed by atoms with van der Waals surface area (Å²) in [6.07, 6.45) is 10.6. The zero-order chi connectivity index (χ0) is 16.7. The number of hydrogen-bond donors (Lipinski definition) is 5. The van der Waals surface area contributed by atoms with E-state index in [1.165, 1.54) is 51.4 Å². The van der Waals surface area contributed by atoms with Crippen molar-refractivity contribution < 1.29 is 20.4 Å². The Morgan fingerprint density at radius 2 is 1.30 bits per heavy atom. The standard InChI is InChI=1S/C18H35NO4/c20-12-15-17(22)18(23)16(21)14(19-15)11-7-2-1-4-8-13-9-5-3-6-10-13/h13-23H,1-12H2/t14?,15-,16+,17-,18-/m1/s1. The summed E-state index contributed by atoms with van der Waals surface area (Å²) in [5.41, 5.74) is 0. The normalized spacial score (nSPS) is 36.3. The zero-order valence-electron chi connectivity index (χ0n) is 14.2. The lowest BCUT2D eigenvalue weighted by atomic mass is 9.85. The molecule has 5 atom stereocenters. The van der Waals surface area contributed by atoms with Crippen LogP contribution in [-0.2, 0) is 0 Å². The number of unbranched alkanes of at least 4 members (excludes halogenated alkanes) is 3. The molecule has 0 radical (unpaired) electrons. The van der Waals surface area contributed by atoms with Gasteiger partial charge in [0.1, 0.15) is 6.10 Å². The van der Waals surface area contributed by atoms with Crippen molar-refractivity contribution in [3.8, 4) is 0 Å². The molecule has 1 saturated carbocycles. The second-order valence-corrected chi connectivity index (χ2v) is 7.53. The van der Waals surface area contributed by atoms with Crippen LogP contribution in [0.25, 0.3) is 0 Å². The van der Waals surface area contributed by atoms with Crippen LogP contribution in [0, 0.1) is 5.92 Å². The highest BCUT2D eigenvalue weighted by atomic mass is 16.4. The molecule has 1 aliphatic carbocycles. The van der Waals surface area contributed by atoms with Gasteiger partial charge in [-0.15, -0.1) is 0 Å². The molecule has 2 fully saturated rings. The fraction of sp³-hybridized carbons (Fsp3) is 1.00. The summed E-state index contributed by atoms with van der Waals surface area (Å²) in [6.45, 7) is -0.233. The molecule has 1 heterocycles. The Kier molecular flexibility index (Phi) is 8.27. The van der Waals surface area contributed by atoms with Crippen molar-refractivity contribution in [2.24, 2.45) is 5.92 Å². The number of aliphatic hydroxyl groups excluding tert-OH is 4. The predicted molar refractivity (Wildman–Crippen MR) is 90.1 cm³/mol. The van der Waals surface area contributed by atoms with Gasteiger partial charge in [-0.05, 0) is 12.3 Å². The minimum atomic E-state index is -1.18. The van der Waals surface area contributed by atoms with Crippen molar-refractivity contribution in [1.29, 1.82) is 0 Å². The highest BCUT2D eigenvalue weighted by Crippen LogP contribution is 2.28. The van der Waals surface area contributed by atoms with Crippen LogP contribution in [0.5, 0.6) is 0 Å². The first kappa shape index (κ1) is 19.1. The van der Waals surface area contributed by atoms with Crippen LogP contribution in [0.15, 0.2) is 0 Å². The Morgan fingerprint density at radius 1 is 0.696 bits per heavy atom. The highest BCUT2D eigenvalue weighted by Gasteiger charge is 2.41. The van der Waals surface area contributed by atoms with E-state index in [4.69, 9.17) is 0 Å². The average Bonchev–Trinajstić information content (AvgIpc) is 2.58. The first-order valence-corrected chi connectivity index (χ1v) is 9.54. The summed E-state index contributed by atoms with van der Waals surface area (Å²) in [5, 5.41) is 41.9. The second-order valence-electron chi connectivity index (χ2n) is 7.53. The van der Waals surface area contributed by atoms with Crippen molar-refractivity contribution >= 4 is 0 Å². The van der Waals surface area contributed by atoms with Crippen LogP contribution < -0.4 is 5.32 Å². The molecule has 5 N–H and O–H groups in total. The molecule has 2 aliphatic rings. The van der Waals surface area contributed by atoms with Gasteiger partial charge < -0.3 is 25.7 Å². The molecule has 1 unspecified atom stereocenters. The average molecular weight is 329 g/mol. The molecular formula is C18H35NO4. The molecule has 1 aliphatic heterocycles. The topological polar surface area (TPSA) is 93.0 Å². The summed E-state index contributed by atoms with van der Waals surface area (Å²) in [4.78, 5) is 0. The van der Waals surface area contributed by atoms with Crippen molar-refractivity contribution in [2.45, 2.75) is 101 Å². The van der Waals surface area contributed by atoms with Gasteiger partial charge in [-0.1, -0.05) is 64.2 Å². The summed E-state index contributed by atoms with van der Waals surface area (Å²) < 4.78 is 0. The van der Waals surface area contributed by atoms with Crippen LogP contribution in [0.4, 0.5) is 0 Å². The molecule has 1 saturated heterocycles. The third-order valence-corrected chi connectivity index (χ3v) is 5.75. The van der Waals surface area contributed by atoms with Gasteiger partial charge in [0.15, 0.2) is 0 Å². The molecule has 136 valence electrons. The van der Waals surface area contributed by atoms with Crippen LogP contribution in [0.1, 0.15) is 70.6 Å². The summed E-state index contributed by atoms with van der Waals surface area (Å²) in [6, 6.07) is -0.798. The van der Waals surface area contributed by atoms with Gasteiger partial charge in [0.05, 0.1) is 24.9 Å². The van der Waals surface area contributed by atoms with E-state index in [9.17, 15) is 20.4 Å². The Morgan fingerprint density at radius 3 is 1.96 bits per heavy atom. The number of piperidine rings is 1. The van der Waals surface area contributed by atoms with Crippen LogP contribution >= 0.6 is 0 Å². The van der Waals surface area contributed by atoms with Gasteiger partial charge in [-0.3, -0.25) is 0 Å². The lowest BCUT2D eigenvalue weighted by molar-refractivity contribution is -0.120. The van der Waals surface area contributed by atoms with Gasteiger partial charge in [0, 0.05) is 6.04 Å². The minimum absolute atomic E-state index is 0.233. The Hall–Kier alpha value is -0.200. The third kappa shape index (κ3) is 5.68. The summed E-state index contributed by atoms with van der Waals surface area (Å²) in [5.74, 6) is 0.951. The number of aliphatic hydroxyl groups is 4. The molecule has 0 aromatic carbocycles. The maximum absolute atomic E-state index is 10.0. The summed E-state index contributed by atoms with van der Waals surface area (Å²) >= 11 is 0. The van der Waals surface area contributed by atoms with E-state index in [1.807, 2.05) is 0 Å². The fourth-order valence-corrected chi connectivity index (χ4v) is 4.19. The first-order valence-electron chi connectivity index (χ1n) is 9.54. The van der Waals surface area contributed by atoms with E-state index in [0.29, 0.717) is 0 Å².